The van der Waals surface area contributed by atoms with Gasteiger partial charge in [0.05, 0.1) is 17.5 Å². The van der Waals surface area contributed by atoms with Crippen LogP contribution in [0.5, 0.6) is 5.75 Å². The molecule has 2 rings (SSSR count). The summed E-state index contributed by atoms with van der Waals surface area (Å²) in [6.07, 6.45) is 0. The SMILES string of the molecule is CC(=O)Nc1ccc(S(=O)(=O)N(C)CC(=O)N[C@@H](C)c2ccccc2OC(F)F)cc1. The van der Waals surface area contributed by atoms with Gasteiger partial charge in [-0.1, -0.05) is 18.2 Å². The highest BCUT2D eigenvalue weighted by Crippen LogP contribution is 2.26. The normalized spacial score (nSPS) is 12.5. The summed E-state index contributed by atoms with van der Waals surface area (Å²) in [7, 11) is -2.72. The van der Waals surface area contributed by atoms with Crippen LogP contribution in [0.15, 0.2) is 53.4 Å². The fraction of sp³-hybridized carbons (Fsp3) is 0.300. The van der Waals surface area contributed by atoms with Gasteiger partial charge in [-0.25, -0.2) is 8.42 Å². The molecule has 0 saturated carbocycles. The molecule has 11 heteroatoms. The van der Waals surface area contributed by atoms with E-state index < -0.39 is 35.1 Å². The third-order valence-corrected chi connectivity index (χ3v) is 6.05. The molecule has 2 N–H and O–H groups in total. The Morgan fingerprint density at radius 2 is 1.71 bits per heavy atom. The minimum atomic E-state index is -3.97. The van der Waals surface area contributed by atoms with Crippen LogP contribution in [-0.4, -0.2) is 44.7 Å². The van der Waals surface area contributed by atoms with Crippen molar-refractivity contribution in [1.82, 2.24) is 9.62 Å². The molecule has 0 aromatic heterocycles. The van der Waals surface area contributed by atoms with Crippen molar-refractivity contribution >= 4 is 27.5 Å². The number of hydrogen-bond donors (Lipinski definition) is 2. The third-order valence-electron chi connectivity index (χ3n) is 4.23. The van der Waals surface area contributed by atoms with Gasteiger partial charge in [-0.2, -0.15) is 13.1 Å². The summed E-state index contributed by atoms with van der Waals surface area (Å²) in [4.78, 5) is 23.4. The average Bonchev–Trinajstić information content (AvgIpc) is 2.67. The van der Waals surface area contributed by atoms with Crippen LogP contribution >= 0.6 is 0 Å². The van der Waals surface area contributed by atoms with Gasteiger partial charge in [0.2, 0.25) is 21.8 Å². The van der Waals surface area contributed by atoms with E-state index in [-0.39, 0.29) is 16.6 Å². The molecule has 2 aromatic carbocycles. The Balaban J connectivity index is 2.05. The van der Waals surface area contributed by atoms with Gasteiger partial charge in [0.1, 0.15) is 5.75 Å². The first kappa shape index (κ1) is 24.2. The molecule has 2 aromatic rings. The maximum atomic E-state index is 12.7. The Labute approximate surface area is 179 Å². The first-order valence-electron chi connectivity index (χ1n) is 9.17. The number of alkyl halides is 2. The minimum Gasteiger partial charge on any atom is -0.434 e. The first-order chi connectivity index (χ1) is 14.5. The number of halogens is 2. The van der Waals surface area contributed by atoms with Crippen molar-refractivity contribution in [3.05, 3.63) is 54.1 Å². The van der Waals surface area contributed by atoms with Crippen molar-refractivity contribution in [2.75, 3.05) is 18.9 Å². The lowest BCUT2D eigenvalue weighted by Gasteiger charge is -2.21. The Morgan fingerprint density at radius 1 is 1.10 bits per heavy atom. The second kappa shape index (κ2) is 10.3. The van der Waals surface area contributed by atoms with E-state index in [0.29, 0.717) is 11.3 Å². The number of nitrogens with one attached hydrogen (secondary N) is 2. The molecule has 0 bridgehead atoms. The van der Waals surface area contributed by atoms with E-state index in [2.05, 4.69) is 15.4 Å². The predicted molar refractivity (Wildman–Crippen MR) is 110 cm³/mol. The summed E-state index contributed by atoms with van der Waals surface area (Å²) in [5.74, 6) is -0.995. The van der Waals surface area contributed by atoms with Crippen LogP contribution in [0.2, 0.25) is 0 Å². The van der Waals surface area contributed by atoms with Gasteiger partial charge >= 0.3 is 6.61 Å². The van der Waals surface area contributed by atoms with E-state index in [0.717, 1.165) is 4.31 Å². The van der Waals surface area contributed by atoms with Crippen molar-refractivity contribution < 1.29 is 31.5 Å². The molecule has 0 spiro atoms. The highest BCUT2D eigenvalue weighted by atomic mass is 32.2. The molecule has 0 aliphatic rings. The Bertz CT molecular complexity index is 1030. The summed E-state index contributed by atoms with van der Waals surface area (Å²) in [5, 5.41) is 5.11. The number of carbonyl (C=O) groups excluding carboxylic acids is 2. The topological polar surface area (TPSA) is 105 Å². The largest absolute Gasteiger partial charge is 0.434 e. The Kier molecular flexibility index (Phi) is 8.06. The number of para-hydroxylation sites is 1. The monoisotopic (exact) mass is 455 g/mol. The number of nitrogens with zero attached hydrogens (tertiary/aromatic N) is 1. The molecule has 0 fully saturated rings. The van der Waals surface area contributed by atoms with E-state index in [9.17, 15) is 26.8 Å². The molecule has 0 aliphatic heterocycles. The lowest BCUT2D eigenvalue weighted by atomic mass is 10.1. The second-order valence-electron chi connectivity index (χ2n) is 6.67. The number of amides is 2. The molecule has 31 heavy (non-hydrogen) atoms. The molecule has 0 radical (unpaired) electrons. The zero-order valence-electron chi connectivity index (χ0n) is 17.1. The van der Waals surface area contributed by atoms with Crippen LogP contribution in [0.3, 0.4) is 0 Å². The molecular weight excluding hydrogens is 432 g/mol. The number of anilines is 1. The van der Waals surface area contributed by atoms with E-state index >= 15 is 0 Å². The average molecular weight is 455 g/mol. The van der Waals surface area contributed by atoms with E-state index in [1.165, 1.54) is 56.4 Å². The van der Waals surface area contributed by atoms with Crippen LogP contribution in [0.1, 0.15) is 25.5 Å². The van der Waals surface area contributed by atoms with Crippen LogP contribution < -0.4 is 15.4 Å². The number of hydrogen-bond acceptors (Lipinski definition) is 5. The third kappa shape index (κ3) is 6.72. The molecular formula is C20H23F2N3O5S. The van der Waals surface area contributed by atoms with Gasteiger partial charge in [0, 0.05) is 25.2 Å². The highest BCUT2D eigenvalue weighted by Gasteiger charge is 2.24. The molecule has 0 aliphatic carbocycles. The maximum absolute atomic E-state index is 12.7. The number of sulfonamides is 1. The van der Waals surface area contributed by atoms with E-state index in [1.54, 1.807) is 13.0 Å². The van der Waals surface area contributed by atoms with Crippen molar-refractivity contribution in [2.24, 2.45) is 0 Å². The van der Waals surface area contributed by atoms with Gasteiger partial charge in [-0.15, -0.1) is 0 Å². The van der Waals surface area contributed by atoms with E-state index in [4.69, 9.17) is 0 Å². The molecule has 0 saturated heterocycles. The fourth-order valence-corrected chi connectivity index (χ4v) is 3.91. The molecule has 168 valence electrons. The Hall–Kier alpha value is -3.05. The number of likely N-dealkylation sites (N-methyl/N-ethyl adjacent to an activating group) is 1. The predicted octanol–water partition coefficient (Wildman–Crippen LogP) is 2.74. The van der Waals surface area contributed by atoms with Gasteiger partial charge in [0.15, 0.2) is 0 Å². The van der Waals surface area contributed by atoms with Crippen LogP contribution in [0.25, 0.3) is 0 Å². The van der Waals surface area contributed by atoms with Gasteiger partial charge in [-0.05, 0) is 37.3 Å². The molecule has 0 heterocycles. The van der Waals surface area contributed by atoms with Gasteiger partial charge in [0.25, 0.3) is 0 Å². The van der Waals surface area contributed by atoms with Crippen molar-refractivity contribution in [3.8, 4) is 5.75 Å². The second-order valence-corrected chi connectivity index (χ2v) is 8.72. The van der Waals surface area contributed by atoms with Crippen molar-refractivity contribution in [2.45, 2.75) is 31.4 Å². The highest BCUT2D eigenvalue weighted by molar-refractivity contribution is 7.89. The number of ether oxygens (including phenoxy) is 1. The zero-order valence-corrected chi connectivity index (χ0v) is 17.9. The van der Waals surface area contributed by atoms with Gasteiger partial charge in [-0.3, -0.25) is 9.59 Å². The minimum absolute atomic E-state index is 0.0550. The van der Waals surface area contributed by atoms with Crippen molar-refractivity contribution in [3.63, 3.8) is 0 Å². The summed E-state index contributed by atoms with van der Waals surface area (Å²) in [6.45, 7) is -0.605. The lowest BCUT2D eigenvalue weighted by molar-refractivity contribution is -0.121. The zero-order chi connectivity index (χ0) is 23.2. The summed E-state index contributed by atoms with van der Waals surface area (Å²) < 4.78 is 55.8. The van der Waals surface area contributed by atoms with Crippen LogP contribution in [-0.2, 0) is 19.6 Å². The lowest BCUT2D eigenvalue weighted by Crippen LogP contribution is -2.39. The number of rotatable bonds is 9. The summed E-state index contributed by atoms with van der Waals surface area (Å²) in [6, 6.07) is 10.8. The van der Waals surface area contributed by atoms with E-state index in [1.807, 2.05) is 0 Å². The smallest absolute Gasteiger partial charge is 0.387 e. The van der Waals surface area contributed by atoms with Crippen LogP contribution in [0, 0.1) is 0 Å². The number of benzene rings is 2. The Morgan fingerprint density at radius 3 is 2.29 bits per heavy atom. The first-order valence-corrected chi connectivity index (χ1v) is 10.6. The maximum Gasteiger partial charge on any atom is 0.387 e. The summed E-state index contributed by atoms with van der Waals surface area (Å²) in [5.41, 5.74) is 0.764. The standard InChI is InChI=1S/C20H23F2N3O5S/c1-13(17-6-4-5-7-18(17)30-20(21)22)23-19(27)12-25(3)31(28,29)16-10-8-15(9-11-16)24-14(2)26/h4-11,13,20H,12H2,1-3H3,(H,23,27)(H,24,26)/t13-/m0/s1. The molecule has 2 amide bonds. The fourth-order valence-electron chi connectivity index (χ4n) is 2.79. The molecule has 1 atom stereocenters. The molecule has 8 nitrogen and oxygen atoms in total. The number of carbonyl (C=O) groups is 2. The molecule has 0 unspecified atom stereocenters. The summed E-state index contributed by atoms with van der Waals surface area (Å²) >= 11 is 0. The van der Waals surface area contributed by atoms with Gasteiger partial charge < -0.3 is 15.4 Å². The van der Waals surface area contributed by atoms with Crippen molar-refractivity contribution in [1.29, 1.82) is 0 Å². The van der Waals surface area contributed by atoms with Crippen LogP contribution in [0.4, 0.5) is 14.5 Å². The quantitative estimate of drug-likeness (QED) is 0.605.